The highest BCUT2D eigenvalue weighted by molar-refractivity contribution is 7.71. The summed E-state index contributed by atoms with van der Waals surface area (Å²) in [7, 11) is 0. The lowest BCUT2D eigenvalue weighted by Gasteiger charge is -2.12. The van der Waals surface area contributed by atoms with E-state index >= 15 is 0 Å². The minimum absolute atomic E-state index is 0.00587. The van der Waals surface area contributed by atoms with E-state index in [9.17, 15) is 4.79 Å². The summed E-state index contributed by atoms with van der Waals surface area (Å²) in [5.74, 6) is 0.00587. The summed E-state index contributed by atoms with van der Waals surface area (Å²) in [4.78, 5) is 14.4. The smallest absolute Gasteiger partial charge is 0.222 e. The first kappa shape index (κ1) is 13.9. The molecule has 1 aromatic heterocycles. The summed E-state index contributed by atoms with van der Waals surface area (Å²) in [5, 5.41) is 12.0. The van der Waals surface area contributed by atoms with Gasteiger partial charge < -0.3 is 20.0 Å². The fourth-order valence-electron chi connectivity index (χ4n) is 1.47. The molecule has 0 radical (unpaired) electrons. The summed E-state index contributed by atoms with van der Waals surface area (Å²) < 4.78 is 2.27. The maximum Gasteiger partial charge on any atom is 0.222 e. The molecule has 1 rings (SSSR count). The number of carbonyl (C=O) groups excluding carboxylic acids is 1. The molecule has 17 heavy (non-hydrogen) atoms. The van der Waals surface area contributed by atoms with E-state index in [1.807, 2.05) is 13.8 Å². The summed E-state index contributed by atoms with van der Waals surface area (Å²) >= 11 is 5.07. The third kappa shape index (κ3) is 3.98. The van der Waals surface area contributed by atoms with E-state index in [0.29, 0.717) is 23.4 Å². The number of aliphatic hydroxyl groups excluding tert-OH is 1. The van der Waals surface area contributed by atoms with Gasteiger partial charge in [0, 0.05) is 25.2 Å². The third-order valence-electron chi connectivity index (χ3n) is 2.70. The van der Waals surface area contributed by atoms with Gasteiger partial charge in [0.1, 0.15) is 0 Å². The molecule has 0 saturated carbocycles. The number of imidazole rings is 1. The van der Waals surface area contributed by atoms with Crippen molar-refractivity contribution in [1.82, 2.24) is 14.9 Å². The number of H-pyrrole nitrogens is 1. The number of rotatable bonds is 6. The van der Waals surface area contributed by atoms with Gasteiger partial charge >= 0.3 is 0 Å². The molecule has 1 atom stereocenters. The maximum absolute atomic E-state index is 11.6. The standard InChI is InChI=1S/C11H19N3O2S/c1-3-8(2)13-10(16)4-5-14-9(7-15)6-12-11(14)17/h6,8,15H,3-5,7H2,1-2H3,(H,12,17)(H,13,16). The van der Waals surface area contributed by atoms with E-state index in [4.69, 9.17) is 17.3 Å². The van der Waals surface area contributed by atoms with Crippen LogP contribution >= 0.6 is 12.2 Å². The highest BCUT2D eigenvalue weighted by atomic mass is 32.1. The number of amides is 1. The Morgan fingerprint density at radius 3 is 3.00 bits per heavy atom. The monoisotopic (exact) mass is 257 g/mol. The van der Waals surface area contributed by atoms with Gasteiger partial charge in [0.25, 0.3) is 0 Å². The van der Waals surface area contributed by atoms with Crippen molar-refractivity contribution in [3.05, 3.63) is 16.7 Å². The van der Waals surface area contributed by atoms with Gasteiger partial charge in [-0.25, -0.2) is 0 Å². The zero-order valence-electron chi connectivity index (χ0n) is 10.2. The number of aromatic nitrogens is 2. The molecule has 0 aliphatic heterocycles. The van der Waals surface area contributed by atoms with E-state index in [1.54, 1.807) is 10.8 Å². The molecule has 0 fully saturated rings. The summed E-state index contributed by atoms with van der Waals surface area (Å²) in [5.41, 5.74) is 0.700. The van der Waals surface area contributed by atoms with E-state index in [1.165, 1.54) is 0 Å². The fraction of sp³-hybridized carbons (Fsp3) is 0.636. The SMILES string of the molecule is CCC(C)NC(=O)CCn1c(CO)c[nH]c1=S. The molecule has 1 amide bonds. The minimum atomic E-state index is -0.0832. The summed E-state index contributed by atoms with van der Waals surface area (Å²) in [6.45, 7) is 4.40. The zero-order chi connectivity index (χ0) is 12.8. The predicted octanol–water partition coefficient (Wildman–Crippen LogP) is 1.34. The van der Waals surface area contributed by atoms with E-state index in [-0.39, 0.29) is 18.6 Å². The molecule has 1 aromatic rings. The summed E-state index contributed by atoms with van der Waals surface area (Å²) in [6.07, 6.45) is 2.94. The van der Waals surface area contributed by atoms with Crippen molar-refractivity contribution in [2.45, 2.75) is 45.9 Å². The Morgan fingerprint density at radius 2 is 2.41 bits per heavy atom. The fourth-order valence-corrected chi connectivity index (χ4v) is 1.74. The molecular formula is C11H19N3O2S. The lowest BCUT2D eigenvalue weighted by atomic mass is 10.2. The number of aliphatic hydroxyl groups is 1. The number of hydrogen-bond donors (Lipinski definition) is 3. The lowest BCUT2D eigenvalue weighted by molar-refractivity contribution is -0.121. The maximum atomic E-state index is 11.6. The molecule has 0 aliphatic carbocycles. The van der Waals surface area contributed by atoms with Gasteiger partial charge in [0.2, 0.25) is 5.91 Å². The largest absolute Gasteiger partial charge is 0.390 e. The van der Waals surface area contributed by atoms with Gasteiger partial charge in [-0.05, 0) is 25.6 Å². The number of nitrogens with zero attached hydrogens (tertiary/aromatic N) is 1. The summed E-state index contributed by atoms with van der Waals surface area (Å²) in [6, 6.07) is 0.194. The van der Waals surface area contributed by atoms with Crippen molar-refractivity contribution in [1.29, 1.82) is 0 Å². The Bertz CT molecular complexity index is 425. The van der Waals surface area contributed by atoms with Crippen LogP contribution in [0.1, 0.15) is 32.4 Å². The number of hydrogen-bond acceptors (Lipinski definition) is 3. The van der Waals surface area contributed by atoms with Crippen molar-refractivity contribution < 1.29 is 9.90 Å². The predicted molar refractivity (Wildman–Crippen MR) is 68.1 cm³/mol. The molecule has 0 aliphatic rings. The van der Waals surface area contributed by atoms with E-state index in [0.717, 1.165) is 6.42 Å². The molecule has 0 spiro atoms. The van der Waals surface area contributed by atoms with Gasteiger partial charge in [-0.3, -0.25) is 4.79 Å². The van der Waals surface area contributed by atoms with Gasteiger partial charge in [-0.15, -0.1) is 0 Å². The second-order valence-corrected chi connectivity index (χ2v) is 4.41. The van der Waals surface area contributed by atoms with Gasteiger partial charge in [0.15, 0.2) is 4.77 Å². The minimum Gasteiger partial charge on any atom is -0.390 e. The first-order valence-corrected chi connectivity index (χ1v) is 6.16. The second-order valence-electron chi connectivity index (χ2n) is 4.02. The highest BCUT2D eigenvalue weighted by Crippen LogP contribution is 2.03. The average Bonchev–Trinajstić information content (AvgIpc) is 2.67. The van der Waals surface area contributed by atoms with Crippen LogP contribution in [0.15, 0.2) is 6.20 Å². The van der Waals surface area contributed by atoms with Crippen LogP contribution < -0.4 is 5.32 Å². The molecule has 96 valence electrons. The molecule has 1 heterocycles. The molecule has 0 bridgehead atoms. The number of nitrogens with one attached hydrogen (secondary N) is 2. The molecule has 1 unspecified atom stereocenters. The molecule has 0 aromatic carbocycles. The van der Waals surface area contributed by atoms with Crippen molar-refractivity contribution in [3.8, 4) is 0 Å². The Hall–Kier alpha value is -1.14. The van der Waals surface area contributed by atoms with Gasteiger partial charge in [-0.2, -0.15) is 0 Å². The Morgan fingerprint density at radius 1 is 1.71 bits per heavy atom. The Kier molecular flexibility index (Phi) is 5.37. The average molecular weight is 257 g/mol. The number of carbonyl (C=O) groups is 1. The first-order valence-electron chi connectivity index (χ1n) is 5.75. The second kappa shape index (κ2) is 6.56. The van der Waals surface area contributed by atoms with Crippen molar-refractivity contribution >= 4 is 18.1 Å². The quantitative estimate of drug-likeness (QED) is 0.674. The van der Waals surface area contributed by atoms with Gasteiger partial charge in [0.05, 0.1) is 12.3 Å². The molecule has 0 saturated heterocycles. The molecule has 3 N–H and O–H groups in total. The van der Waals surface area contributed by atoms with Gasteiger partial charge in [-0.1, -0.05) is 6.92 Å². The van der Waals surface area contributed by atoms with Crippen LogP contribution in [0.2, 0.25) is 0 Å². The molecule has 6 heteroatoms. The Labute approximate surface area is 106 Å². The Balaban J connectivity index is 2.52. The van der Waals surface area contributed by atoms with Crippen LogP contribution in [0.3, 0.4) is 0 Å². The molecule has 5 nitrogen and oxygen atoms in total. The zero-order valence-corrected chi connectivity index (χ0v) is 11.0. The van der Waals surface area contributed by atoms with E-state index < -0.39 is 0 Å². The molecular weight excluding hydrogens is 238 g/mol. The van der Waals surface area contributed by atoms with Crippen LogP contribution in [-0.2, 0) is 17.9 Å². The first-order chi connectivity index (χ1) is 8.08. The van der Waals surface area contributed by atoms with Crippen molar-refractivity contribution in [2.24, 2.45) is 0 Å². The van der Waals surface area contributed by atoms with Crippen LogP contribution in [0.25, 0.3) is 0 Å². The number of aromatic amines is 1. The van der Waals surface area contributed by atoms with Crippen molar-refractivity contribution in [2.75, 3.05) is 0 Å². The van der Waals surface area contributed by atoms with Crippen molar-refractivity contribution in [3.63, 3.8) is 0 Å². The van der Waals surface area contributed by atoms with E-state index in [2.05, 4.69) is 10.3 Å². The normalized spacial score (nSPS) is 12.4. The van der Waals surface area contributed by atoms with Crippen LogP contribution in [0, 0.1) is 4.77 Å². The van der Waals surface area contributed by atoms with Crippen LogP contribution in [0.4, 0.5) is 0 Å². The third-order valence-corrected chi connectivity index (χ3v) is 3.04. The van der Waals surface area contributed by atoms with Crippen LogP contribution in [-0.4, -0.2) is 26.6 Å². The van der Waals surface area contributed by atoms with Crippen LogP contribution in [0.5, 0.6) is 0 Å². The lowest BCUT2D eigenvalue weighted by Crippen LogP contribution is -2.32. The highest BCUT2D eigenvalue weighted by Gasteiger charge is 2.08. The topological polar surface area (TPSA) is 70.1 Å².